The van der Waals surface area contributed by atoms with Gasteiger partial charge in [-0.1, -0.05) is 30.3 Å². The highest BCUT2D eigenvalue weighted by Gasteiger charge is 2.07. The molecule has 0 bridgehead atoms. The standard InChI is InChI=1S/C15H13N3O3/c16-15(20)18-17-10-11-5-4-8-13(9-11)21-14(19)12-6-2-1-3-7-12/h1-10H,(H3,16,18,20). The third-order valence-electron chi connectivity index (χ3n) is 2.47. The zero-order valence-corrected chi connectivity index (χ0v) is 11.0. The van der Waals surface area contributed by atoms with Crippen molar-refractivity contribution in [1.82, 2.24) is 5.43 Å². The van der Waals surface area contributed by atoms with Gasteiger partial charge in [-0.3, -0.25) is 0 Å². The van der Waals surface area contributed by atoms with Crippen molar-refractivity contribution < 1.29 is 14.3 Å². The SMILES string of the molecule is NC(=O)NN=Cc1cccc(OC(=O)c2ccccc2)c1. The molecular weight excluding hydrogens is 270 g/mol. The molecule has 0 aliphatic carbocycles. The van der Waals surface area contributed by atoms with E-state index >= 15 is 0 Å². The van der Waals surface area contributed by atoms with Crippen LogP contribution in [0.3, 0.4) is 0 Å². The van der Waals surface area contributed by atoms with Gasteiger partial charge in [0.25, 0.3) is 0 Å². The quantitative estimate of drug-likeness (QED) is 0.388. The molecule has 0 saturated carbocycles. The number of hydrogen-bond acceptors (Lipinski definition) is 4. The molecule has 0 aromatic heterocycles. The van der Waals surface area contributed by atoms with Crippen LogP contribution in [0.15, 0.2) is 59.7 Å². The molecule has 3 N–H and O–H groups in total. The van der Waals surface area contributed by atoms with Crippen molar-refractivity contribution >= 4 is 18.2 Å². The van der Waals surface area contributed by atoms with Crippen molar-refractivity contribution in [2.24, 2.45) is 10.8 Å². The minimum Gasteiger partial charge on any atom is -0.423 e. The van der Waals surface area contributed by atoms with Gasteiger partial charge < -0.3 is 10.5 Å². The Morgan fingerprint density at radius 2 is 1.86 bits per heavy atom. The van der Waals surface area contributed by atoms with E-state index in [-0.39, 0.29) is 0 Å². The molecule has 0 atom stereocenters. The van der Waals surface area contributed by atoms with E-state index < -0.39 is 12.0 Å². The lowest BCUT2D eigenvalue weighted by Gasteiger charge is -2.04. The predicted octanol–water partition coefficient (Wildman–Crippen LogP) is 1.91. The first-order chi connectivity index (χ1) is 10.1. The fourth-order valence-electron chi connectivity index (χ4n) is 1.57. The number of primary amides is 1. The van der Waals surface area contributed by atoms with Crippen LogP contribution in [0, 0.1) is 0 Å². The molecule has 6 nitrogen and oxygen atoms in total. The number of carbonyl (C=O) groups is 2. The number of carbonyl (C=O) groups excluding carboxylic acids is 2. The summed E-state index contributed by atoms with van der Waals surface area (Å²) >= 11 is 0. The molecule has 0 radical (unpaired) electrons. The molecule has 0 fully saturated rings. The molecule has 21 heavy (non-hydrogen) atoms. The smallest absolute Gasteiger partial charge is 0.343 e. The van der Waals surface area contributed by atoms with Gasteiger partial charge in [0.05, 0.1) is 11.8 Å². The number of amides is 2. The number of nitrogens with zero attached hydrogens (tertiary/aromatic N) is 1. The first-order valence-electron chi connectivity index (χ1n) is 6.11. The maximum Gasteiger partial charge on any atom is 0.343 e. The molecule has 0 aliphatic rings. The number of ether oxygens (including phenoxy) is 1. The summed E-state index contributed by atoms with van der Waals surface area (Å²) in [6.07, 6.45) is 1.39. The summed E-state index contributed by atoms with van der Waals surface area (Å²) < 4.78 is 5.26. The first-order valence-corrected chi connectivity index (χ1v) is 6.11. The van der Waals surface area contributed by atoms with E-state index in [9.17, 15) is 9.59 Å². The van der Waals surface area contributed by atoms with E-state index in [1.54, 1.807) is 48.5 Å². The Bertz CT molecular complexity index is 669. The van der Waals surface area contributed by atoms with Crippen molar-refractivity contribution in [2.75, 3.05) is 0 Å². The number of hydrogen-bond donors (Lipinski definition) is 2. The molecule has 2 amide bonds. The largest absolute Gasteiger partial charge is 0.423 e. The van der Waals surface area contributed by atoms with E-state index in [0.717, 1.165) is 0 Å². The normalized spacial score (nSPS) is 10.3. The number of esters is 1. The molecular formula is C15H13N3O3. The number of benzene rings is 2. The Balaban J connectivity index is 2.06. The highest BCUT2D eigenvalue weighted by Crippen LogP contribution is 2.14. The average molecular weight is 283 g/mol. The number of urea groups is 1. The average Bonchev–Trinajstić information content (AvgIpc) is 2.48. The molecule has 0 aliphatic heterocycles. The van der Waals surface area contributed by atoms with Crippen LogP contribution in [-0.2, 0) is 0 Å². The monoisotopic (exact) mass is 283 g/mol. The molecule has 2 aromatic carbocycles. The highest BCUT2D eigenvalue weighted by atomic mass is 16.5. The van der Waals surface area contributed by atoms with Gasteiger partial charge in [-0.15, -0.1) is 0 Å². The summed E-state index contributed by atoms with van der Waals surface area (Å²) in [5.74, 6) is -0.0631. The molecule has 106 valence electrons. The zero-order chi connectivity index (χ0) is 15.1. The van der Waals surface area contributed by atoms with Gasteiger partial charge >= 0.3 is 12.0 Å². The van der Waals surface area contributed by atoms with Gasteiger partial charge in [-0.05, 0) is 29.8 Å². The maximum absolute atomic E-state index is 11.9. The summed E-state index contributed by atoms with van der Waals surface area (Å²) in [5.41, 5.74) is 8.08. The molecule has 6 heteroatoms. The van der Waals surface area contributed by atoms with E-state index in [2.05, 4.69) is 10.5 Å². The van der Waals surface area contributed by atoms with Crippen molar-refractivity contribution in [1.29, 1.82) is 0 Å². The Kier molecular flexibility index (Phi) is 4.66. The third kappa shape index (κ3) is 4.46. The minimum absolute atomic E-state index is 0.381. The van der Waals surface area contributed by atoms with Gasteiger partial charge in [0.1, 0.15) is 5.75 Å². The van der Waals surface area contributed by atoms with Gasteiger partial charge in [0, 0.05) is 0 Å². The Morgan fingerprint density at radius 1 is 1.10 bits per heavy atom. The Morgan fingerprint density at radius 3 is 2.57 bits per heavy atom. The highest BCUT2D eigenvalue weighted by molar-refractivity contribution is 5.91. The van der Waals surface area contributed by atoms with Crippen LogP contribution in [0.1, 0.15) is 15.9 Å². The van der Waals surface area contributed by atoms with Gasteiger partial charge in [0.2, 0.25) is 0 Å². The molecule has 2 rings (SSSR count). The number of nitrogens with one attached hydrogen (secondary N) is 1. The van der Waals surface area contributed by atoms with E-state index in [0.29, 0.717) is 16.9 Å². The summed E-state index contributed by atoms with van der Waals surface area (Å²) in [4.78, 5) is 22.4. The van der Waals surface area contributed by atoms with Crippen molar-refractivity contribution in [2.45, 2.75) is 0 Å². The van der Waals surface area contributed by atoms with E-state index in [1.165, 1.54) is 6.21 Å². The van der Waals surface area contributed by atoms with Crippen LogP contribution < -0.4 is 15.9 Å². The van der Waals surface area contributed by atoms with E-state index in [4.69, 9.17) is 10.5 Å². The van der Waals surface area contributed by atoms with E-state index in [1.807, 2.05) is 6.07 Å². The molecule has 0 unspecified atom stereocenters. The first kappa shape index (κ1) is 14.3. The minimum atomic E-state index is -0.752. The molecule has 2 aromatic rings. The van der Waals surface area contributed by atoms with Crippen molar-refractivity contribution in [3.8, 4) is 5.75 Å². The fourth-order valence-corrected chi connectivity index (χ4v) is 1.57. The second-order valence-electron chi connectivity index (χ2n) is 4.06. The van der Waals surface area contributed by atoms with Gasteiger partial charge in [0.15, 0.2) is 0 Å². The number of nitrogens with two attached hydrogens (primary N) is 1. The number of hydrazone groups is 1. The lowest BCUT2D eigenvalue weighted by atomic mass is 10.2. The third-order valence-corrected chi connectivity index (χ3v) is 2.47. The van der Waals surface area contributed by atoms with Crippen LogP contribution in [0.4, 0.5) is 4.79 Å². The Hall–Kier alpha value is -3.15. The summed E-state index contributed by atoms with van der Waals surface area (Å²) in [5, 5.41) is 3.63. The lowest BCUT2D eigenvalue weighted by Crippen LogP contribution is -2.24. The summed E-state index contributed by atoms with van der Waals surface area (Å²) in [6.45, 7) is 0. The zero-order valence-electron chi connectivity index (χ0n) is 11.0. The van der Waals surface area contributed by atoms with Crippen LogP contribution in [0.25, 0.3) is 0 Å². The summed E-state index contributed by atoms with van der Waals surface area (Å²) in [6, 6.07) is 14.6. The molecule has 0 heterocycles. The Labute approximate surface area is 121 Å². The summed E-state index contributed by atoms with van der Waals surface area (Å²) in [7, 11) is 0. The lowest BCUT2D eigenvalue weighted by molar-refractivity contribution is 0.0734. The topological polar surface area (TPSA) is 93.8 Å². The predicted molar refractivity (Wildman–Crippen MR) is 78.2 cm³/mol. The second-order valence-corrected chi connectivity index (χ2v) is 4.06. The van der Waals surface area contributed by atoms with Gasteiger partial charge in [-0.2, -0.15) is 5.10 Å². The van der Waals surface area contributed by atoms with Crippen molar-refractivity contribution in [3.05, 3.63) is 65.7 Å². The second kappa shape index (κ2) is 6.85. The van der Waals surface area contributed by atoms with Crippen LogP contribution in [-0.4, -0.2) is 18.2 Å². The van der Waals surface area contributed by atoms with Crippen LogP contribution in [0.2, 0.25) is 0 Å². The fraction of sp³-hybridized carbons (Fsp3) is 0. The van der Waals surface area contributed by atoms with Crippen molar-refractivity contribution in [3.63, 3.8) is 0 Å². The number of rotatable bonds is 4. The maximum atomic E-state index is 11.9. The molecule has 0 spiro atoms. The van der Waals surface area contributed by atoms with Gasteiger partial charge in [-0.25, -0.2) is 15.0 Å². The van der Waals surface area contributed by atoms with Crippen LogP contribution in [0.5, 0.6) is 5.75 Å². The van der Waals surface area contributed by atoms with Crippen LogP contribution >= 0.6 is 0 Å². The molecule has 0 saturated heterocycles.